The molecular weight excluding hydrogens is 302 g/mol. The lowest BCUT2D eigenvalue weighted by Crippen LogP contribution is -2.48. The highest BCUT2D eigenvalue weighted by molar-refractivity contribution is 5.74. The summed E-state index contributed by atoms with van der Waals surface area (Å²) in [5.74, 6) is 0. The Hall–Kier alpha value is -1.75. The first kappa shape index (κ1) is 17.1. The van der Waals surface area contributed by atoms with E-state index < -0.39 is 0 Å². The number of hydrogen-bond acceptors (Lipinski definition) is 3. The normalized spacial score (nSPS) is 20.7. The van der Waals surface area contributed by atoms with Crippen molar-refractivity contribution in [1.29, 1.82) is 0 Å². The minimum Gasteiger partial charge on any atom is -0.396 e. The predicted molar refractivity (Wildman–Crippen MR) is 96.3 cm³/mol. The molecule has 1 saturated heterocycles. The molecule has 2 aliphatic heterocycles. The monoisotopic (exact) mass is 331 g/mol. The number of rotatable bonds is 4. The van der Waals surface area contributed by atoms with Gasteiger partial charge < -0.3 is 20.2 Å². The second kappa shape index (κ2) is 7.88. The van der Waals surface area contributed by atoms with Crippen molar-refractivity contribution in [2.45, 2.75) is 51.1 Å². The zero-order valence-corrected chi connectivity index (χ0v) is 14.6. The lowest BCUT2D eigenvalue weighted by molar-refractivity contribution is 0.131. The number of carbonyl (C=O) groups is 1. The van der Waals surface area contributed by atoms with E-state index in [9.17, 15) is 9.90 Å². The van der Waals surface area contributed by atoms with Crippen LogP contribution in [-0.4, -0.2) is 48.8 Å². The van der Waals surface area contributed by atoms with Crippen molar-refractivity contribution in [2.75, 3.05) is 31.6 Å². The Kier molecular flexibility index (Phi) is 5.61. The van der Waals surface area contributed by atoms with Gasteiger partial charge in [0.2, 0.25) is 0 Å². The highest BCUT2D eigenvalue weighted by Gasteiger charge is 2.26. The maximum atomic E-state index is 12.5. The molecule has 1 unspecified atom stereocenters. The summed E-state index contributed by atoms with van der Waals surface area (Å²) in [6.07, 6.45) is 6.19. The Labute approximate surface area is 144 Å². The van der Waals surface area contributed by atoms with Crippen LogP contribution < -0.4 is 10.2 Å². The van der Waals surface area contributed by atoms with Crippen molar-refractivity contribution in [3.63, 3.8) is 0 Å². The largest absolute Gasteiger partial charge is 0.396 e. The number of aliphatic hydroxyl groups excluding tert-OH is 1. The third-order valence-electron chi connectivity index (χ3n) is 5.29. The molecule has 0 saturated carbocycles. The average molecular weight is 331 g/mol. The first-order valence-electron chi connectivity index (χ1n) is 9.17. The van der Waals surface area contributed by atoms with E-state index in [-0.39, 0.29) is 18.7 Å². The lowest BCUT2D eigenvalue weighted by atomic mass is 9.99. The Morgan fingerprint density at radius 2 is 2.17 bits per heavy atom. The molecule has 1 fully saturated rings. The number of hydrogen-bond donors (Lipinski definition) is 2. The summed E-state index contributed by atoms with van der Waals surface area (Å²) in [4.78, 5) is 16.7. The Morgan fingerprint density at radius 1 is 1.29 bits per heavy atom. The summed E-state index contributed by atoms with van der Waals surface area (Å²) in [5, 5.41) is 12.3. The Morgan fingerprint density at radius 3 is 3.00 bits per heavy atom. The van der Waals surface area contributed by atoms with Crippen LogP contribution in [0.25, 0.3) is 0 Å². The van der Waals surface area contributed by atoms with Gasteiger partial charge in [-0.2, -0.15) is 0 Å². The number of fused-ring (bicyclic) bond motifs is 1. The van der Waals surface area contributed by atoms with Crippen molar-refractivity contribution < 1.29 is 9.90 Å². The molecule has 3 rings (SSSR count). The fraction of sp³-hybridized carbons (Fsp3) is 0.632. The van der Waals surface area contributed by atoms with Crippen molar-refractivity contribution in [1.82, 2.24) is 10.2 Å². The van der Waals surface area contributed by atoms with E-state index >= 15 is 0 Å². The van der Waals surface area contributed by atoms with Gasteiger partial charge in [0.1, 0.15) is 0 Å². The van der Waals surface area contributed by atoms with Crippen LogP contribution in [0.5, 0.6) is 0 Å². The molecule has 5 heteroatoms. The third kappa shape index (κ3) is 3.83. The maximum absolute atomic E-state index is 12.5. The van der Waals surface area contributed by atoms with Gasteiger partial charge in [0.05, 0.1) is 0 Å². The molecule has 2 aliphatic rings. The number of likely N-dealkylation sites (tertiary alicyclic amines) is 1. The number of piperidine rings is 1. The molecule has 2 N–H and O–H groups in total. The summed E-state index contributed by atoms with van der Waals surface area (Å²) in [6.45, 7) is 2.63. The summed E-state index contributed by atoms with van der Waals surface area (Å²) in [5.41, 5.74) is 3.86. The van der Waals surface area contributed by atoms with Gasteiger partial charge in [0.15, 0.2) is 0 Å². The van der Waals surface area contributed by atoms with Crippen LogP contribution in [0, 0.1) is 0 Å². The predicted octanol–water partition coefficient (Wildman–Crippen LogP) is 2.52. The van der Waals surface area contributed by atoms with E-state index in [1.165, 1.54) is 17.7 Å². The van der Waals surface area contributed by atoms with E-state index in [2.05, 4.69) is 35.5 Å². The third-order valence-corrected chi connectivity index (χ3v) is 5.29. The van der Waals surface area contributed by atoms with Crippen LogP contribution >= 0.6 is 0 Å². The van der Waals surface area contributed by atoms with E-state index in [0.717, 1.165) is 44.3 Å². The molecule has 24 heavy (non-hydrogen) atoms. The number of amides is 2. The van der Waals surface area contributed by atoms with E-state index in [1.54, 1.807) is 0 Å². The number of benzene rings is 1. The van der Waals surface area contributed by atoms with Gasteiger partial charge in [-0.05, 0) is 55.7 Å². The van der Waals surface area contributed by atoms with Gasteiger partial charge in [0, 0.05) is 45.0 Å². The summed E-state index contributed by atoms with van der Waals surface area (Å²) in [7, 11) is 2.14. The van der Waals surface area contributed by atoms with E-state index in [0.29, 0.717) is 13.0 Å². The standard InChI is InChI=1S/C19H29N3O2/c1-21-10-4-5-16-13-15(7-8-18(16)21)14-20-19(24)22-11-3-2-6-17(22)9-12-23/h7-8,13,17,23H,2-6,9-12,14H2,1H3,(H,20,24). The number of aryl methyl sites for hydroxylation is 1. The first-order valence-corrected chi connectivity index (χ1v) is 9.17. The molecular formula is C19H29N3O2. The second-order valence-corrected chi connectivity index (χ2v) is 7.00. The van der Waals surface area contributed by atoms with Gasteiger partial charge in [-0.1, -0.05) is 12.1 Å². The first-order chi connectivity index (χ1) is 11.7. The summed E-state index contributed by atoms with van der Waals surface area (Å²) >= 11 is 0. The Balaban J connectivity index is 1.59. The highest BCUT2D eigenvalue weighted by Crippen LogP contribution is 2.27. The molecule has 1 aromatic rings. The van der Waals surface area contributed by atoms with Gasteiger partial charge >= 0.3 is 6.03 Å². The molecule has 1 aromatic carbocycles. The Bertz CT molecular complexity index is 574. The minimum absolute atomic E-state index is 0.00277. The molecule has 0 aliphatic carbocycles. The van der Waals surface area contributed by atoms with Crippen molar-refractivity contribution >= 4 is 11.7 Å². The van der Waals surface area contributed by atoms with Crippen molar-refractivity contribution in [3.05, 3.63) is 29.3 Å². The number of nitrogens with one attached hydrogen (secondary N) is 1. The van der Waals surface area contributed by atoms with Crippen LogP contribution in [-0.2, 0) is 13.0 Å². The molecule has 1 atom stereocenters. The number of anilines is 1. The summed E-state index contributed by atoms with van der Waals surface area (Å²) in [6, 6.07) is 6.70. The number of urea groups is 1. The molecule has 0 bridgehead atoms. The lowest BCUT2D eigenvalue weighted by Gasteiger charge is -2.35. The summed E-state index contributed by atoms with van der Waals surface area (Å²) < 4.78 is 0. The van der Waals surface area contributed by atoms with E-state index in [4.69, 9.17) is 0 Å². The molecule has 132 valence electrons. The van der Waals surface area contributed by atoms with Crippen LogP contribution in [0.15, 0.2) is 18.2 Å². The molecule has 0 spiro atoms. The zero-order chi connectivity index (χ0) is 16.9. The van der Waals surface area contributed by atoms with E-state index in [1.807, 2.05) is 4.90 Å². The highest BCUT2D eigenvalue weighted by atomic mass is 16.3. The van der Waals surface area contributed by atoms with Gasteiger partial charge in [-0.25, -0.2) is 4.79 Å². The van der Waals surface area contributed by atoms with Crippen LogP contribution in [0.4, 0.5) is 10.5 Å². The zero-order valence-electron chi connectivity index (χ0n) is 14.6. The molecule has 0 radical (unpaired) electrons. The molecule has 0 aromatic heterocycles. The van der Waals surface area contributed by atoms with Gasteiger partial charge in [-0.3, -0.25) is 0 Å². The second-order valence-electron chi connectivity index (χ2n) is 7.00. The number of aliphatic hydroxyl groups is 1. The fourth-order valence-electron chi connectivity index (χ4n) is 3.94. The van der Waals surface area contributed by atoms with Gasteiger partial charge in [-0.15, -0.1) is 0 Å². The topological polar surface area (TPSA) is 55.8 Å². The van der Waals surface area contributed by atoms with Crippen LogP contribution in [0.1, 0.15) is 43.2 Å². The quantitative estimate of drug-likeness (QED) is 0.891. The smallest absolute Gasteiger partial charge is 0.317 e. The fourth-order valence-corrected chi connectivity index (χ4v) is 3.94. The average Bonchev–Trinajstić information content (AvgIpc) is 2.60. The van der Waals surface area contributed by atoms with Crippen molar-refractivity contribution in [2.24, 2.45) is 0 Å². The molecule has 5 nitrogen and oxygen atoms in total. The number of nitrogens with zero attached hydrogens (tertiary/aromatic N) is 2. The maximum Gasteiger partial charge on any atom is 0.317 e. The van der Waals surface area contributed by atoms with Gasteiger partial charge in [0.25, 0.3) is 0 Å². The van der Waals surface area contributed by atoms with Crippen molar-refractivity contribution in [3.8, 4) is 0 Å². The molecule has 2 heterocycles. The molecule has 2 amide bonds. The van der Waals surface area contributed by atoms with Crippen LogP contribution in [0.2, 0.25) is 0 Å². The number of carbonyl (C=O) groups excluding carboxylic acids is 1. The minimum atomic E-state index is 0.00277. The van der Waals surface area contributed by atoms with Crippen LogP contribution in [0.3, 0.4) is 0 Å². The SMILES string of the molecule is CN1CCCc2cc(CNC(=O)N3CCCCC3CCO)ccc21.